The highest BCUT2D eigenvalue weighted by Gasteiger charge is 2.33. The first-order valence-electron chi connectivity index (χ1n) is 8.01. The van der Waals surface area contributed by atoms with Crippen molar-refractivity contribution in [3.8, 4) is 6.07 Å². The van der Waals surface area contributed by atoms with Crippen LogP contribution in [0.4, 0.5) is 5.69 Å². The largest absolute Gasteiger partial charge is 0.452 e. The van der Waals surface area contributed by atoms with Crippen molar-refractivity contribution in [3.63, 3.8) is 0 Å². The van der Waals surface area contributed by atoms with E-state index in [1.807, 2.05) is 0 Å². The Morgan fingerprint density at radius 1 is 1.36 bits per heavy atom. The average molecular weight is 345 g/mol. The minimum Gasteiger partial charge on any atom is -0.452 e. The molecule has 1 aliphatic carbocycles. The van der Waals surface area contributed by atoms with Gasteiger partial charge in [0.1, 0.15) is 5.54 Å². The Morgan fingerprint density at radius 2 is 2.04 bits per heavy atom. The normalized spacial score (nSPS) is 15.7. The van der Waals surface area contributed by atoms with Gasteiger partial charge in [-0.25, -0.2) is 4.79 Å². The quantitative estimate of drug-likeness (QED) is 0.496. The molecule has 8 heteroatoms. The molecule has 1 fully saturated rings. The monoisotopic (exact) mass is 345 g/mol. The number of carbonyl (C=O) groups is 2. The van der Waals surface area contributed by atoms with Crippen molar-refractivity contribution in [3.05, 3.63) is 39.4 Å². The Hall–Kier alpha value is -2.95. The summed E-state index contributed by atoms with van der Waals surface area (Å²) in [6.45, 7) is 1.01. The first-order valence-corrected chi connectivity index (χ1v) is 8.01. The van der Waals surface area contributed by atoms with Crippen molar-refractivity contribution in [2.75, 3.05) is 6.61 Å². The van der Waals surface area contributed by atoms with Gasteiger partial charge in [-0.15, -0.1) is 0 Å². The number of esters is 1. The molecule has 1 aromatic rings. The number of hydrogen-bond acceptors (Lipinski definition) is 6. The van der Waals surface area contributed by atoms with E-state index in [1.165, 1.54) is 25.1 Å². The van der Waals surface area contributed by atoms with E-state index in [0.29, 0.717) is 18.4 Å². The van der Waals surface area contributed by atoms with E-state index < -0.39 is 28.9 Å². The van der Waals surface area contributed by atoms with Gasteiger partial charge in [0.2, 0.25) is 0 Å². The first-order chi connectivity index (χ1) is 11.9. The van der Waals surface area contributed by atoms with Gasteiger partial charge in [0, 0.05) is 11.6 Å². The van der Waals surface area contributed by atoms with Crippen LogP contribution in [0.2, 0.25) is 0 Å². The predicted molar refractivity (Wildman–Crippen MR) is 87.7 cm³/mol. The summed E-state index contributed by atoms with van der Waals surface area (Å²) in [6.07, 6.45) is 3.95. The van der Waals surface area contributed by atoms with Gasteiger partial charge in [-0.2, -0.15) is 5.26 Å². The fourth-order valence-electron chi connectivity index (χ4n) is 2.92. The Kier molecular flexibility index (Phi) is 5.70. The number of hydrogen-bond donors (Lipinski definition) is 1. The Morgan fingerprint density at radius 3 is 2.60 bits per heavy atom. The fraction of sp³-hybridized carbons (Fsp3) is 0.471. The summed E-state index contributed by atoms with van der Waals surface area (Å²) in [6, 6.07) is 6.00. The van der Waals surface area contributed by atoms with Crippen LogP contribution in [-0.2, 0) is 9.53 Å². The number of benzene rings is 1. The molecule has 1 N–H and O–H groups in total. The highest BCUT2D eigenvalue weighted by Crippen LogP contribution is 2.27. The van der Waals surface area contributed by atoms with Crippen LogP contribution in [0.15, 0.2) is 18.2 Å². The van der Waals surface area contributed by atoms with Crippen LogP contribution in [0, 0.1) is 28.4 Å². The Balaban J connectivity index is 1.93. The van der Waals surface area contributed by atoms with E-state index in [0.717, 1.165) is 19.3 Å². The van der Waals surface area contributed by atoms with Gasteiger partial charge in [-0.1, -0.05) is 19.3 Å². The van der Waals surface area contributed by atoms with Crippen molar-refractivity contribution in [1.82, 2.24) is 5.32 Å². The standard InChI is InChI=1S/C17H19N3O5/c1-12-9-13(5-6-14(12)20(23)24)16(22)25-10-15(21)19-17(11-18)7-3-2-4-8-17/h5-6,9H,2-4,7-8,10H2,1H3,(H,19,21). The van der Waals surface area contributed by atoms with Gasteiger partial charge in [0.15, 0.2) is 6.61 Å². The van der Waals surface area contributed by atoms with Crippen LogP contribution in [0.25, 0.3) is 0 Å². The lowest BCUT2D eigenvalue weighted by Gasteiger charge is -2.31. The second-order valence-corrected chi connectivity index (χ2v) is 6.14. The number of carbonyl (C=O) groups excluding carboxylic acids is 2. The van der Waals surface area contributed by atoms with Crippen molar-refractivity contribution >= 4 is 17.6 Å². The van der Waals surface area contributed by atoms with Crippen LogP contribution in [0.1, 0.15) is 48.0 Å². The molecule has 1 amide bonds. The van der Waals surface area contributed by atoms with Gasteiger partial charge in [0.05, 0.1) is 16.6 Å². The molecule has 0 aliphatic heterocycles. The van der Waals surface area contributed by atoms with Crippen molar-refractivity contribution in [2.45, 2.75) is 44.6 Å². The molecule has 25 heavy (non-hydrogen) atoms. The molecule has 2 rings (SSSR count). The van der Waals surface area contributed by atoms with Crippen LogP contribution < -0.4 is 5.32 Å². The molecule has 0 bridgehead atoms. The summed E-state index contributed by atoms with van der Waals surface area (Å²) >= 11 is 0. The van der Waals surface area contributed by atoms with Gasteiger partial charge in [0.25, 0.3) is 11.6 Å². The van der Waals surface area contributed by atoms with Crippen molar-refractivity contribution in [1.29, 1.82) is 5.26 Å². The minimum absolute atomic E-state index is 0.0949. The van der Waals surface area contributed by atoms with E-state index in [1.54, 1.807) is 0 Å². The third kappa shape index (κ3) is 4.53. The average Bonchev–Trinajstić information content (AvgIpc) is 2.60. The molecule has 0 spiro atoms. The molecule has 8 nitrogen and oxygen atoms in total. The molecular weight excluding hydrogens is 326 g/mol. The molecule has 0 saturated heterocycles. The van der Waals surface area contributed by atoms with Gasteiger partial charge < -0.3 is 10.1 Å². The van der Waals surface area contributed by atoms with Gasteiger partial charge >= 0.3 is 5.97 Å². The van der Waals surface area contributed by atoms with Crippen molar-refractivity contribution in [2.24, 2.45) is 0 Å². The summed E-state index contributed by atoms with van der Waals surface area (Å²) in [5, 5.41) is 22.8. The number of aryl methyl sites for hydroxylation is 1. The van der Waals surface area contributed by atoms with Crippen LogP contribution in [0.3, 0.4) is 0 Å². The first kappa shape index (κ1) is 18.4. The van der Waals surface area contributed by atoms with E-state index in [4.69, 9.17) is 4.74 Å². The maximum Gasteiger partial charge on any atom is 0.338 e. The number of rotatable bonds is 5. The van der Waals surface area contributed by atoms with Crippen LogP contribution >= 0.6 is 0 Å². The number of ether oxygens (including phenoxy) is 1. The van der Waals surface area contributed by atoms with Crippen LogP contribution in [0.5, 0.6) is 0 Å². The molecule has 0 heterocycles. The highest BCUT2D eigenvalue weighted by molar-refractivity contribution is 5.92. The number of nitrogens with one attached hydrogen (secondary N) is 1. The van der Waals surface area contributed by atoms with E-state index in [9.17, 15) is 25.0 Å². The third-order valence-electron chi connectivity index (χ3n) is 4.26. The van der Waals surface area contributed by atoms with Gasteiger partial charge in [-0.05, 0) is 31.9 Å². The molecule has 0 atom stereocenters. The zero-order valence-electron chi connectivity index (χ0n) is 13.9. The topological polar surface area (TPSA) is 122 Å². The zero-order chi connectivity index (χ0) is 18.4. The Labute approximate surface area is 144 Å². The Bertz CT molecular complexity index is 732. The van der Waals surface area contributed by atoms with Gasteiger partial charge in [-0.3, -0.25) is 14.9 Å². The summed E-state index contributed by atoms with van der Waals surface area (Å²) in [5.74, 6) is -1.28. The molecule has 132 valence electrons. The second kappa shape index (κ2) is 7.75. The minimum atomic E-state index is -0.883. The number of nitro benzene ring substituents is 1. The summed E-state index contributed by atoms with van der Waals surface area (Å²) in [4.78, 5) is 34.2. The van der Waals surface area contributed by atoms with Crippen LogP contribution in [-0.4, -0.2) is 28.9 Å². The lowest BCUT2D eigenvalue weighted by atomic mass is 9.83. The summed E-state index contributed by atoms with van der Waals surface area (Å²) in [5.41, 5.74) is -0.522. The second-order valence-electron chi connectivity index (χ2n) is 6.14. The molecule has 0 radical (unpaired) electrons. The smallest absolute Gasteiger partial charge is 0.338 e. The number of nitro groups is 1. The number of nitrogens with zero attached hydrogens (tertiary/aromatic N) is 2. The predicted octanol–water partition coefficient (Wildman–Crippen LogP) is 2.40. The highest BCUT2D eigenvalue weighted by atomic mass is 16.6. The number of amides is 1. The SMILES string of the molecule is Cc1cc(C(=O)OCC(=O)NC2(C#N)CCCCC2)ccc1[N+](=O)[O-]. The van der Waals surface area contributed by atoms with E-state index in [-0.39, 0.29) is 11.3 Å². The lowest BCUT2D eigenvalue weighted by Crippen LogP contribution is -2.50. The zero-order valence-corrected chi connectivity index (χ0v) is 13.9. The molecule has 1 aromatic carbocycles. The van der Waals surface area contributed by atoms with Crippen molar-refractivity contribution < 1.29 is 19.2 Å². The molecular formula is C17H19N3O5. The maximum absolute atomic E-state index is 12.0. The van der Waals surface area contributed by atoms with E-state index in [2.05, 4.69) is 11.4 Å². The fourth-order valence-corrected chi connectivity index (χ4v) is 2.92. The van der Waals surface area contributed by atoms with E-state index >= 15 is 0 Å². The maximum atomic E-state index is 12.0. The summed E-state index contributed by atoms with van der Waals surface area (Å²) < 4.78 is 4.95. The lowest BCUT2D eigenvalue weighted by molar-refractivity contribution is -0.385. The molecule has 1 saturated carbocycles. The number of nitriles is 1. The molecule has 0 aromatic heterocycles. The molecule has 1 aliphatic rings. The summed E-state index contributed by atoms with van der Waals surface area (Å²) in [7, 11) is 0. The third-order valence-corrected chi connectivity index (χ3v) is 4.26. The molecule has 0 unspecified atom stereocenters.